The predicted octanol–water partition coefficient (Wildman–Crippen LogP) is 3.81. The van der Waals surface area contributed by atoms with Crippen LogP contribution in [0, 0.1) is 5.82 Å². The van der Waals surface area contributed by atoms with Crippen molar-refractivity contribution >= 4 is 33.9 Å². The molecule has 1 atom stereocenters. The zero-order valence-electron chi connectivity index (χ0n) is 16.2. The van der Waals surface area contributed by atoms with Gasteiger partial charge in [-0.1, -0.05) is 19.1 Å². The molecule has 2 heterocycles. The summed E-state index contributed by atoms with van der Waals surface area (Å²) in [5.74, 6) is -0.803. The van der Waals surface area contributed by atoms with Crippen molar-refractivity contribution in [1.82, 2.24) is 4.72 Å². The first-order valence-electron chi connectivity index (χ1n) is 9.38. The SMILES string of the molecule is CCc1cccc(OC)c1[S+]([O-])NC(=O)c1cc2c(F)cc(N3CCC3)cc2o1. The van der Waals surface area contributed by atoms with Gasteiger partial charge in [0.25, 0.3) is 0 Å². The minimum Gasteiger partial charge on any atom is -0.588 e. The second kappa shape index (κ2) is 7.96. The van der Waals surface area contributed by atoms with Gasteiger partial charge in [-0.05, 0) is 25.0 Å². The van der Waals surface area contributed by atoms with Crippen LogP contribution in [0.3, 0.4) is 0 Å². The maximum atomic E-state index is 14.5. The molecule has 1 aliphatic heterocycles. The van der Waals surface area contributed by atoms with E-state index in [1.165, 1.54) is 19.2 Å². The standard InChI is InChI=1S/C21H21FN2O4S/c1-3-13-6-4-7-17(27-2)20(13)29(26)23-21(25)19-12-15-16(22)10-14(11-18(15)28-19)24-8-5-9-24/h4,6-7,10-12H,3,5,8-9H2,1-2H3,(H,23,25). The summed E-state index contributed by atoms with van der Waals surface area (Å²) in [6.45, 7) is 3.67. The number of hydrogen-bond acceptors (Lipinski definition) is 5. The van der Waals surface area contributed by atoms with Crippen LogP contribution < -0.4 is 14.4 Å². The van der Waals surface area contributed by atoms with E-state index in [-0.39, 0.29) is 16.7 Å². The maximum Gasteiger partial charge on any atom is 0.328 e. The Balaban J connectivity index is 1.60. The zero-order chi connectivity index (χ0) is 20.5. The summed E-state index contributed by atoms with van der Waals surface area (Å²) in [5.41, 5.74) is 1.82. The van der Waals surface area contributed by atoms with E-state index in [1.54, 1.807) is 18.2 Å². The number of carbonyl (C=O) groups excluding carboxylic acids is 1. The van der Waals surface area contributed by atoms with Gasteiger partial charge in [-0.3, -0.25) is 4.79 Å². The Bertz CT molecular complexity index is 1040. The third-order valence-electron chi connectivity index (χ3n) is 5.05. The predicted molar refractivity (Wildman–Crippen MR) is 109 cm³/mol. The summed E-state index contributed by atoms with van der Waals surface area (Å²) in [6.07, 6.45) is 1.70. The number of amides is 1. The second-order valence-electron chi connectivity index (χ2n) is 6.79. The number of nitrogens with one attached hydrogen (secondary N) is 1. The highest BCUT2D eigenvalue weighted by Crippen LogP contribution is 2.31. The summed E-state index contributed by atoms with van der Waals surface area (Å²) < 4.78 is 40.6. The molecule has 0 radical (unpaired) electrons. The lowest BCUT2D eigenvalue weighted by Crippen LogP contribution is -2.36. The van der Waals surface area contributed by atoms with Crippen LogP contribution in [0.15, 0.2) is 45.7 Å². The third-order valence-corrected chi connectivity index (χ3v) is 6.25. The number of rotatable bonds is 6. The van der Waals surface area contributed by atoms with Gasteiger partial charge in [-0.25, -0.2) is 4.39 Å². The maximum absolute atomic E-state index is 14.5. The molecule has 1 saturated heterocycles. The van der Waals surface area contributed by atoms with Crippen molar-refractivity contribution in [2.75, 3.05) is 25.1 Å². The van der Waals surface area contributed by atoms with Gasteiger partial charge in [0, 0.05) is 36.5 Å². The highest BCUT2D eigenvalue weighted by atomic mass is 32.2. The summed E-state index contributed by atoms with van der Waals surface area (Å²) in [5, 5.41) is 0.219. The first-order chi connectivity index (χ1) is 14.0. The lowest BCUT2D eigenvalue weighted by molar-refractivity contribution is 0.0956. The quantitative estimate of drug-likeness (QED) is 0.619. The Morgan fingerprint density at radius 2 is 2.14 bits per heavy atom. The molecule has 1 amide bonds. The van der Waals surface area contributed by atoms with E-state index in [0.717, 1.165) is 30.8 Å². The fourth-order valence-corrected chi connectivity index (χ4v) is 4.50. The molecule has 0 aliphatic carbocycles. The number of aryl methyl sites for hydroxylation is 1. The molecule has 2 aromatic carbocycles. The van der Waals surface area contributed by atoms with Crippen LogP contribution >= 0.6 is 0 Å². The number of nitrogens with zero attached hydrogens (tertiary/aromatic N) is 1. The van der Waals surface area contributed by atoms with E-state index in [4.69, 9.17) is 9.15 Å². The monoisotopic (exact) mass is 416 g/mol. The smallest absolute Gasteiger partial charge is 0.328 e. The molecule has 152 valence electrons. The van der Waals surface area contributed by atoms with E-state index in [9.17, 15) is 13.7 Å². The number of hydrogen-bond donors (Lipinski definition) is 1. The van der Waals surface area contributed by atoms with Gasteiger partial charge in [-0.2, -0.15) is 4.72 Å². The summed E-state index contributed by atoms with van der Waals surface area (Å²) >= 11 is -1.85. The van der Waals surface area contributed by atoms with Crippen LogP contribution in [-0.4, -0.2) is 30.7 Å². The van der Waals surface area contributed by atoms with Gasteiger partial charge < -0.3 is 18.6 Å². The van der Waals surface area contributed by atoms with Crippen LogP contribution in [0.4, 0.5) is 10.1 Å². The van der Waals surface area contributed by atoms with E-state index in [2.05, 4.69) is 4.72 Å². The molecule has 1 aliphatic rings. The van der Waals surface area contributed by atoms with Crippen LogP contribution in [0.2, 0.25) is 0 Å². The Kier molecular flexibility index (Phi) is 5.38. The van der Waals surface area contributed by atoms with Crippen LogP contribution in [0.1, 0.15) is 29.5 Å². The third kappa shape index (κ3) is 3.65. The first kappa shape index (κ1) is 19.6. The first-order valence-corrected chi connectivity index (χ1v) is 10.5. The van der Waals surface area contributed by atoms with Crippen LogP contribution in [-0.2, 0) is 17.8 Å². The molecule has 3 aromatic rings. The van der Waals surface area contributed by atoms with E-state index in [0.29, 0.717) is 17.1 Å². The molecule has 0 spiro atoms. The molecule has 4 rings (SSSR count). The summed E-state index contributed by atoms with van der Waals surface area (Å²) in [4.78, 5) is 15.1. The van der Waals surface area contributed by atoms with Crippen molar-refractivity contribution in [2.45, 2.75) is 24.7 Å². The topological polar surface area (TPSA) is 77.8 Å². The number of methoxy groups -OCH3 is 1. The molecule has 0 saturated carbocycles. The number of halogens is 1. The molecule has 1 aromatic heterocycles. The molecular formula is C21H21FN2O4S. The highest BCUT2D eigenvalue weighted by Gasteiger charge is 2.27. The Morgan fingerprint density at radius 3 is 2.79 bits per heavy atom. The fourth-order valence-electron chi connectivity index (χ4n) is 3.35. The largest absolute Gasteiger partial charge is 0.588 e. The second-order valence-corrected chi connectivity index (χ2v) is 7.94. The van der Waals surface area contributed by atoms with E-state index in [1.807, 2.05) is 17.9 Å². The number of ether oxygens (including phenoxy) is 1. The molecule has 1 unspecified atom stereocenters. The van der Waals surface area contributed by atoms with E-state index < -0.39 is 23.1 Å². The number of benzene rings is 2. The minimum atomic E-state index is -1.85. The average molecular weight is 416 g/mol. The van der Waals surface area contributed by atoms with Crippen molar-refractivity contribution in [3.8, 4) is 5.75 Å². The number of anilines is 1. The molecular weight excluding hydrogens is 395 g/mol. The van der Waals surface area contributed by atoms with Crippen molar-refractivity contribution in [3.63, 3.8) is 0 Å². The molecule has 1 fully saturated rings. The molecule has 8 heteroatoms. The van der Waals surface area contributed by atoms with Crippen LogP contribution in [0.5, 0.6) is 5.75 Å². The van der Waals surface area contributed by atoms with Crippen molar-refractivity contribution in [1.29, 1.82) is 0 Å². The van der Waals surface area contributed by atoms with E-state index >= 15 is 0 Å². The van der Waals surface area contributed by atoms with Gasteiger partial charge in [0.05, 0.1) is 12.5 Å². The van der Waals surface area contributed by atoms with Crippen molar-refractivity contribution in [2.24, 2.45) is 0 Å². The molecule has 29 heavy (non-hydrogen) atoms. The van der Waals surface area contributed by atoms with Gasteiger partial charge in [0.2, 0.25) is 4.90 Å². The summed E-state index contributed by atoms with van der Waals surface area (Å²) in [6, 6.07) is 9.82. The van der Waals surface area contributed by atoms with Gasteiger partial charge in [0.15, 0.2) is 11.5 Å². The lowest BCUT2D eigenvalue weighted by atomic mass is 10.1. The molecule has 6 nitrogen and oxygen atoms in total. The molecule has 0 bridgehead atoms. The number of furan rings is 1. The number of fused-ring (bicyclic) bond motifs is 1. The summed E-state index contributed by atoms with van der Waals surface area (Å²) in [7, 11) is 1.48. The fraction of sp³-hybridized carbons (Fsp3) is 0.286. The highest BCUT2D eigenvalue weighted by molar-refractivity contribution is 7.90. The Hall–Kier alpha value is -2.71. The van der Waals surface area contributed by atoms with Gasteiger partial charge in [0.1, 0.15) is 22.8 Å². The Labute approximate surface area is 170 Å². The van der Waals surface area contributed by atoms with Crippen molar-refractivity contribution < 1.29 is 22.9 Å². The number of carbonyl (C=O) groups is 1. The van der Waals surface area contributed by atoms with Crippen molar-refractivity contribution in [3.05, 3.63) is 53.5 Å². The average Bonchev–Trinajstić information content (AvgIpc) is 3.10. The minimum absolute atomic E-state index is 0.0963. The van der Waals surface area contributed by atoms with Crippen LogP contribution in [0.25, 0.3) is 11.0 Å². The lowest BCUT2D eigenvalue weighted by Gasteiger charge is -2.33. The normalized spacial score (nSPS) is 14.6. The molecule has 1 N–H and O–H groups in total. The van der Waals surface area contributed by atoms with Gasteiger partial charge in [-0.15, -0.1) is 0 Å². The van der Waals surface area contributed by atoms with Gasteiger partial charge >= 0.3 is 5.91 Å². The Morgan fingerprint density at radius 1 is 1.34 bits per heavy atom. The zero-order valence-corrected chi connectivity index (χ0v) is 17.0.